The number of guanidine groups is 1. The minimum Gasteiger partial charge on any atom is -0.357 e. The van der Waals surface area contributed by atoms with Crippen LogP contribution in [0.3, 0.4) is 0 Å². The van der Waals surface area contributed by atoms with Crippen molar-refractivity contribution < 1.29 is 9.18 Å². The van der Waals surface area contributed by atoms with Gasteiger partial charge in [-0.05, 0) is 37.5 Å². The van der Waals surface area contributed by atoms with Crippen molar-refractivity contribution in [3.05, 3.63) is 34.1 Å². The minimum absolute atomic E-state index is 0. The number of hydrogen-bond donors (Lipinski definition) is 3. The van der Waals surface area contributed by atoms with Crippen LogP contribution in [-0.4, -0.2) is 38.0 Å². The molecule has 0 aliphatic heterocycles. The third kappa shape index (κ3) is 10.1. The van der Waals surface area contributed by atoms with Crippen LogP contribution in [-0.2, 0) is 11.2 Å². The van der Waals surface area contributed by atoms with Gasteiger partial charge in [0.25, 0.3) is 0 Å². The van der Waals surface area contributed by atoms with Crippen molar-refractivity contribution in [2.45, 2.75) is 26.7 Å². The summed E-state index contributed by atoms with van der Waals surface area (Å²) in [5.74, 6) is 0.461. The number of nitrogens with zero attached hydrogens (tertiary/aromatic N) is 1. The molecule has 0 spiro atoms. The normalized spacial score (nSPS) is 10.8. The first-order chi connectivity index (χ1) is 11.0. The van der Waals surface area contributed by atoms with E-state index in [1.807, 2.05) is 13.0 Å². The van der Waals surface area contributed by atoms with Gasteiger partial charge in [-0.15, -0.1) is 24.0 Å². The fourth-order valence-electron chi connectivity index (χ4n) is 1.95. The maximum atomic E-state index is 13.7. The molecule has 0 heterocycles. The summed E-state index contributed by atoms with van der Waals surface area (Å²) in [7, 11) is 0. The Morgan fingerprint density at radius 1 is 1.25 bits per heavy atom. The van der Waals surface area contributed by atoms with Crippen molar-refractivity contribution in [1.29, 1.82) is 0 Å². The Hall–Kier alpha value is -0.900. The van der Waals surface area contributed by atoms with Crippen LogP contribution in [0.1, 0.15) is 25.8 Å². The Morgan fingerprint density at radius 3 is 2.58 bits per heavy atom. The van der Waals surface area contributed by atoms with Crippen molar-refractivity contribution in [2.24, 2.45) is 4.99 Å². The van der Waals surface area contributed by atoms with Gasteiger partial charge in [0.2, 0.25) is 5.91 Å². The molecule has 0 aliphatic rings. The van der Waals surface area contributed by atoms with Gasteiger partial charge in [0.05, 0.1) is 0 Å². The molecule has 0 atom stereocenters. The number of hydrogen-bond acceptors (Lipinski definition) is 2. The van der Waals surface area contributed by atoms with E-state index in [2.05, 4.69) is 36.9 Å². The number of amides is 1. The molecule has 0 saturated carbocycles. The molecule has 1 aromatic carbocycles. The smallest absolute Gasteiger partial charge is 0.216 e. The SMILES string of the molecule is CCNC(=NCCCc1ccc(Br)cc1F)NCCNC(C)=O.I. The van der Waals surface area contributed by atoms with Gasteiger partial charge in [-0.2, -0.15) is 0 Å². The molecular formula is C16H25BrFIN4O. The molecule has 8 heteroatoms. The van der Waals surface area contributed by atoms with E-state index < -0.39 is 0 Å². The van der Waals surface area contributed by atoms with Gasteiger partial charge in [-0.3, -0.25) is 9.79 Å². The quantitative estimate of drug-likeness (QED) is 0.216. The summed E-state index contributed by atoms with van der Waals surface area (Å²) in [6, 6.07) is 5.11. The molecule has 136 valence electrons. The first-order valence-electron chi connectivity index (χ1n) is 7.73. The molecule has 0 bridgehead atoms. The van der Waals surface area contributed by atoms with Crippen molar-refractivity contribution >= 4 is 51.8 Å². The van der Waals surface area contributed by atoms with Crippen molar-refractivity contribution in [2.75, 3.05) is 26.2 Å². The molecule has 0 aliphatic carbocycles. The highest BCUT2D eigenvalue weighted by Crippen LogP contribution is 2.16. The van der Waals surface area contributed by atoms with Gasteiger partial charge >= 0.3 is 0 Å². The highest BCUT2D eigenvalue weighted by molar-refractivity contribution is 14.0. The highest BCUT2D eigenvalue weighted by atomic mass is 127. The van der Waals surface area contributed by atoms with E-state index in [-0.39, 0.29) is 35.7 Å². The molecule has 0 radical (unpaired) electrons. The third-order valence-corrected chi connectivity index (χ3v) is 3.52. The molecule has 0 unspecified atom stereocenters. The second-order valence-electron chi connectivity index (χ2n) is 5.01. The van der Waals surface area contributed by atoms with Gasteiger partial charge in [-0.1, -0.05) is 22.0 Å². The number of aliphatic imine (C=N–C) groups is 1. The lowest BCUT2D eigenvalue weighted by Gasteiger charge is -2.11. The fourth-order valence-corrected chi connectivity index (χ4v) is 2.28. The number of carbonyl (C=O) groups excluding carboxylic acids is 1. The van der Waals surface area contributed by atoms with Gasteiger partial charge in [-0.25, -0.2) is 4.39 Å². The van der Waals surface area contributed by atoms with Crippen LogP contribution < -0.4 is 16.0 Å². The minimum atomic E-state index is -0.191. The van der Waals surface area contributed by atoms with E-state index in [0.717, 1.165) is 17.4 Å². The third-order valence-electron chi connectivity index (χ3n) is 3.02. The van der Waals surface area contributed by atoms with Gasteiger partial charge in [0, 0.05) is 37.6 Å². The molecule has 1 aromatic rings. The molecular weight excluding hydrogens is 490 g/mol. The zero-order valence-corrected chi connectivity index (χ0v) is 17.9. The van der Waals surface area contributed by atoms with Crippen molar-refractivity contribution in [3.63, 3.8) is 0 Å². The van der Waals surface area contributed by atoms with E-state index in [4.69, 9.17) is 0 Å². The van der Waals surface area contributed by atoms with E-state index in [1.165, 1.54) is 13.0 Å². The Labute approximate surface area is 168 Å². The van der Waals surface area contributed by atoms with Gasteiger partial charge in [0.1, 0.15) is 5.82 Å². The van der Waals surface area contributed by atoms with Crippen LogP contribution >= 0.6 is 39.9 Å². The average Bonchev–Trinajstić information content (AvgIpc) is 2.49. The second-order valence-corrected chi connectivity index (χ2v) is 5.93. The Morgan fingerprint density at radius 2 is 1.96 bits per heavy atom. The number of benzene rings is 1. The predicted molar refractivity (Wildman–Crippen MR) is 111 cm³/mol. The molecule has 1 rings (SSSR count). The van der Waals surface area contributed by atoms with Crippen molar-refractivity contribution in [3.8, 4) is 0 Å². The van der Waals surface area contributed by atoms with Crippen LogP contribution in [0.4, 0.5) is 4.39 Å². The van der Waals surface area contributed by atoms with Crippen LogP contribution in [0, 0.1) is 5.82 Å². The highest BCUT2D eigenvalue weighted by Gasteiger charge is 2.02. The lowest BCUT2D eigenvalue weighted by molar-refractivity contribution is -0.118. The average molecular weight is 515 g/mol. The zero-order chi connectivity index (χ0) is 17.1. The lowest BCUT2D eigenvalue weighted by atomic mass is 10.1. The summed E-state index contributed by atoms with van der Waals surface area (Å²) >= 11 is 3.25. The molecule has 0 fully saturated rings. The first-order valence-corrected chi connectivity index (χ1v) is 8.52. The molecule has 0 saturated heterocycles. The van der Waals surface area contributed by atoms with Crippen LogP contribution in [0.5, 0.6) is 0 Å². The fraction of sp³-hybridized carbons (Fsp3) is 0.500. The van der Waals surface area contributed by atoms with Crippen molar-refractivity contribution in [1.82, 2.24) is 16.0 Å². The lowest BCUT2D eigenvalue weighted by Crippen LogP contribution is -2.41. The summed E-state index contributed by atoms with van der Waals surface area (Å²) in [5, 5.41) is 8.98. The largest absolute Gasteiger partial charge is 0.357 e. The van der Waals surface area contributed by atoms with Crippen LogP contribution in [0.2, 0.25) is 0 Å². The molecule has 0 aromatic heterocycles. The zero-order valence-electron chi connectivity index (χ0n) is 14.0. The first kappa shape index (κ1) is 23.1. The molecule has 5 nitrogen and oxygen atoms in total. The Bertz CT molecular complexity index is 543. The number of nitrogens with one attached hydrogen (secondary N) is 3. The summed E-state index contributed by atoms with van der Waals surface area (Å²) < 4.78 is 14.4. The maximum absolute atomic E-state index is 13.7. The maximum Gasteiger partial charge on any atom is 0.216 e. The number of rotatable bonds is 8. The molecule has 3 N–H and O–H groups in total. The molecule has 24 heavy (non-hydrogen) atoms. The monoisotopic (exact) mass is 514 g/mol. The Kier molecular flexibility index (Phi) is 12.9. The number of halogens is 3. The van der Waals surface area contributed by atoms with Crippen LogP contribution in [0.15, 0.2) is 27.7 Å². The van der Waals surface area contributed by atoms with Gasteiger partial charge in [0.15, 0.2) is 5.96 Å². The number of carbonyl (C=O) groups is 1. The summed E-state index contributed by atoms with van der Waals surface area (Å²) in [4.78, 5) is 15.2. The summed E-state index contributed by atoms with van der Waals surface area (Å²) in [6.45, 7) is 5.98. The Balaban J connectivity index is 0.00000529. The van der Waals surface area contributed by atoms with E-state index in [0.29, 0.717) is 37.6 Å². The van der Waals surface area contributed by atoms with E-state index in [9.17, 15) is 9.18 Å². The standard InChI is InChI=1S/C16H24BrFN4O.HI/c1-3-19-16(22-10-9-20-12(2)23)21-8-4-5-13-6-7-14(17)11-15(13)18;/h6-7,11H,3-5,8-10H2,1-2H3,(H,20,23)(H2,19,21,22);1H. The van der Waals surface area contributed by atoms with E-state index in [1.54, 1.807) is 6.07 Å². The van der Waals surface area contributed by atoms with Crippen LogP contribution in [0.25, 0.3) is 0 Å². The topological polar surface area (TPSA) is 65.5 Å². The summed E-state index contributed by atoms with van der Waals surface area (Å²) in [5.41, 5.74) is 0.701. The summed E-state index contributed by atoms with van der Waals surface area (Å²) in [6.07, 6.45) is 1.41. The van der Waals surface area contributed by atoms with Gasteiger partial charge < -0.3 is 16.0 Å². The number of aryl methyl sites for hydroxylation is 1. The van der Waals surface area contributed by atoms with E-state index >= 15 is 0 Å². The second kappa shape index (κ2) is 13.4. The molecule has 1 amide bonds. The predicted octanol–water partition coefficient (Wildman–Crippen LogP) is 2.83.